The van der Waals surface area contributed by atoms with Gasteiger partial charge in [-0.2, -0.15) is 5.26 Å². The van der Waals surface area contributed by atoms with Crippen LogP contribution in [-0.4, -0.2) is 25.1 Å². The number of nitrogens with zero attached hydrogens (tertiary/aromatic N) is 1. The van der Waals surface area contributed by atoms with E-state index in [0.29, 0.717) is 22.7 Å². The van der Waals surface area contributed by atoms with E-state index in [2.05, 4.69) is 5.32 Å². The Morgan fingerprint density at radius 2 is 1.50 bits per heavy atom. The van der Waals surface area contributed by atoms with Gasteiger partial charge in [0, 0.05) is 5.69 Å². The summed E-state index contributed by atoms with van der Waals surface area (Å²) in [5.74, 6) is 0.405. The zero-order chi connectivity index (χ0) is 21.2. The van der Waals surface area contributed by atoms with Gasteiger partial charge < -0.3 is 19.5 Å². The maximum atomic E-state index is 12.0. The van der Waals surface area contributed by atoms with E-state index in [1.165, 1.54) is 0 Å². The van der Waals surface area contributed by atoms with E-state index in [0.717, 1.165) is 0 Å². The largest absolute Gasteiger partial charge is 0.481 e. The Bertz CT molecular complexity index is 1040. The molecule has 0 atom stereocenters. The van der Waals surface area contributed by atoms with E-state index < -0.39 is 25.1 Å². The van der Waals surface area contributed by atoms with Crippen LogP contribution < -0.4 is 14.8 Å². The molecular formula is C23H18N2O5. The summed E-state index contributed by atoms with van der Waals surface area (Å²) in [5.41, 5.74) is 0.846. The molecule has 0 aliphatic rings. The van der Waals surface area contributed by atoms with Gasteiger partial charge in [-0.15, -0.1) is 0 Å². The van der Waals surface area contributed by atoms with E-state index in [9.17, 15) is 9.59 Å². The van der Waals surface area contributed by atoms with Gasteiger partial charge in [-0.1, -0.05) is 30.3 Å². The van der Waals surface area contributed by atoms with E-state index in [1.807, 2.05) is 36.4 Å². The van der Waals surface area contributed by atoms with Crippen molar-refractivity contribution in [2.45, 2.75) is 0 Å². The fourth-order valence-corrected chi connectivity index (χ4v) is 2.44. The number of rotatable bonds is 8. The number of carbonyl (C=O) groups is 2. The molecular weight excluding hydrogens is 384 g/mol. The molecule has 7 heteroatoms. The van der Waals surface area contributed by atoms with Crippen LogP contribution in [0.1, 0.15) is 5.56 Å². The van der Waals surface area contributed by atoms with Gasteiger partial charge in [0.1, 0.15) is 23.3 Å². The van der Waals surface area contributed by atoms with Gasteiger partial charge in [0.05, 0.1) is 5.56 Å². The molecule has 0 saturated carbocycles. The van der Waals surface area contributed by atoms with Crippen LogP contribution in [0, 0.1) is 11.3 Å². The fourth-order valence-electron chi connectivity index (χ4n) is 2.44. The summed E-state index contributed by atoms with van der Waals surface area (Å²) in [6.07, 6.45) is 0. The molecule has 0 heterocycles. The molecule has 1 N–H and O–H groups in total. The molecule has 150 valence electrons. The van der Waals surface area contributed by atoms with Crippen LogP contribution in [0.15, 0.2) is 78.9 Å². The van der Waals surface area contributed by atoms with E-state index in [1.54, 1.807) is 48.5 Å². The minimum absolute atomic E-state index is 0.277. The summed E-state index contributed by atoms with van der Waals surface area (Å²) in [4.78, 5) is 23.7. The van der Waals surface area contributed by atoms with Gasteiger partial charge in [-0.05, 0) is 48.5 Å². The van der Waals surface area contributed by atoms with Crippen LogP contribution >= 0.6 is 0 Å². The zero-order valence-electron chi connectivity index (χ0n) is 15.9. The van der Waals surface area contributed by atoms with Crippen molar-refractivity contribution >= 4 is 17.6 Å². The lowest BCUT2D eigenvalue weighted by Gasteiger charge is -2.09. The standard InChI is InChI=1S/C23H18N2O5/c24-14-17-6-4-5-9-21(17)28-16-23(27)29-15-22(26)25-18-10-12-20(13-11-18)30-19-7-2-1-3-8-19/h1-13H,15-16H2,(H,25,26). The highest BCUT2D eigenvalue weighted by Gasteiger charge is 2.10. The minimum Gasteiger partial charge on any atom is -0.481 e. The number of benzene rings is 3. The first-order valence-electron chi connectivity index (χ1n) is 9.04. The van der Waals surface area contributed by atoms with Crippen molar-refractivity contribution < 1.29 is 23.8 Å². The highest BCUT2D eigenvalue weighted by Crippen LogP contribution is 2.22. The lowest BCUT2D eigenvalue weighted by molar-refractivity contribution is -0.149. The maximum absolute atomic E-state index is 12.0. The maximum Gasteiger partial charge on any atom is 0.344 e. The predicted octanol–water partition coefficient (Wildman–Crippen LogP) is 3.91. The van der Waals surface area contributed by atoms with Crippen molar-refractivity contribution in [1.82, 2.24) is 0 Å². The summed E-state index contributed by atoms with van der Waals surface area (Å²) in [7, 11) is 0. The molecule has 0 saturated heterocycles. The number of ether oxygens (including phenoxy) is 3. The van der Waals surface area contributed by atoms with E-state index in [4.69, 9.17) is 19.5 Å². The lowest BCUT2D eigenvalue weighted by atomic mass is 10.2. The summed E-state index contributed by atoms with van der Waals surface area (Å²) in [6, 6.07) is 24.6. The first kappa shape index (κ1) is 20.4. The highest BCUT2D eigenvalue weighted by molar-refractivity contribution is 5.92. The summed E-state index contributed by atoms with van der Waals surface area (Å²) in [5, 5.41) is 11.6. The molecule has 1 amide bonds. The van der Waals surface area contributed by atoms with E-state index >= 15 is 0 Å². The van der Waals surface area contributed by atoms with Crippen molar-refractivity contribution in [1.29, 1.82) is 5.26 Å². The van der Waals surface area contributed by atoms with Gasteiger partial charge >= 0.3 is 5.97 Å². The second-order valence-corrected chi connectivity index (χ2v) is 6.04. The fraction of sp³-hybridized carbons (Fsp3) is 0.0870. The molecule has 7 nitrogen and oxygen atoms in total. The van der Waals surface area contributed by atoms with Crippen LogP contribution in [0.5, 0.6) is 17.2 Å². The third-order valence-corrected chi connectivity index (χ3v) is 3.83. The summed E-state index contributed by atoms with van der Waals surface area (Å²) < 4.78 is 15.8. The molecule has 30 heavy (non-hydrogen) atoms. The number of hydrogen-bond acceptors (Lipinski definition) is 6. The minimum atomic E-state index is -0.718. The number of esters is 1. The van der Waals surface area contributed by atoms with Crippen LogP contribution in [-0.2, 0) is 14.3 Å². The lowest BCUT2D eigenvalue weighted by Crippen LogP contribution is -2.23. The van der Waals surface area contributed by atoms with Gasteiger partial charge in [0.2, 0.25) is 0 Å². The van der Waals surface area contributed by atoms with Crippen molar-refractivity contribution in [3.63, 3.8) is 0 Å². The molecule has 0 aliphatic heterocycles. The molecule has 0 aliphatic carbocycles. The molecule has 3 rings (SSSR count). The monoisotopic (exact) mass is 402 g/mol. The highest BCUT2D eigenvalue weighted by atomic mass is 16.6. The topological polar surface area (TPSA) is 97.6 Å². The number of nitriles is 1. The Morgan fingerprint density at radius 1 is 0.833 bits per heavy atom. The Balaban J connectivity index is 1.42. The summed E-state index contributed by atoms with van der Waals surface area (Å²) in [6.45, 7) is -0.859. The molecule has 0 radical (unpaired) electrons. The van der Waals surface area contributed by atoms with Crippen LogP contribution in [0.2, 0.25) is 0 Å². The van der Waals surface area contributed by atoms with Gasteiger partial charge in [-0.3, -0.25) is 4.79 Å². The normalized spacial score (nSPS) is 9.83. The molecule has 0 fully saturated rings. The van der Waals surface area contributed by atoms with Crippen LogP contribution in [0.4, 0.5) is 5.69 Å². The third kappa shape index (κ3) is 6.11. The van der Waals surface area contributed by atoms with Crippen LogP contribution in [0.3, 0.4) is 0 Å². The van der Waals surface area contributed by atoms with Gasteiger partial charge in [0.25, 0.3) is 5.91 Å². The quantitative estimate of drug-likeness (QED) is 0.574. The predicted molar refractivity (Wildman–Crippen MR) is 109 cm³/mol. The number of hydrogen-bond donors (Lipinski definition) is 1. The average molecular weight is 402 g/mol. The SMILES string of the molecule is N#Cc1ccccc1OCC(=O)OCC(=O)Nc1ccc(Oc2ccccc2)cc1. The number of para-hydroxylation sites is 2. The average Bonchev–Trinajstić information content (AvgIpc) is 2.78. The molecule has 0 spiro atoms. The van der Waals surface area contributed by atoms with E-state index in [-0.39, 0.29) is 5.75 Å². The molecule has 3 aromatic rings. The Morgan fingerprint density at radius 3 is 2.23 bits per heavy atom. The molecule has 3 aromatic carbocycles. The Labute approximate surface area is 173 Å². The number of anilines is 1. The first-order valence-corrected chi connectivity index (χ1v) is 9.04. The van der Waals surface area contributed by atoms with Crippen molar-refractivity contribution in [2.75, 3.05) is 18.5 Å². The molecule has 0 unspecified atom stereocenters. The number of amides is 1. The summed E-state index contributed by atoms with van der Waals surface area (Å²) >= 11 is 0. The smallest absolute Gasteiger partial charge is 0.344 e. The first-order chi connectivity index (χ1) is 14.6. The number of carbonyl (C=O) groups excluding carboxylic acids is 2. The van der Waals surface area contributed by atoms with Crippen molar-refractivity contribution in [3.8, 4) is 23.3 Å². The third-order valence-electron chi connectivity index (χ3n) is 3.83. The van der Waals surface area contributed by atoms with Gasteiger partial charge in [0.15, 0.2) is 13.2 Å². The molecule has 0 bridgehead atoms. The van der Waals surface area contributed by atoms with Crippen LogP contribution in [0.25, 0.3) is 0 Å². The van der Waals surface area contributed by atoms with Crippen molar-refractivity contribution in [2.24, 2.45) is 0 Å². The zero-order valence-corrected chi connectivity index (χ0v) is 15.9. The molecule has 0 aromatic heterocycles. The van der Waals surface area contributed by atoms with Crippen molar-refractivity contribution in [3.05, 3.63) is 84.4 Å². The Kier molecular flexibility index (Phi) is 7.01. The second kappa shape index (κ2) is 10.3. The van der Waals surface area contributed by atoms with Gasteiger partial charge in [-0.25, -0.2) is 4.79 Å². The Hall–Kier alpha value is -4.31. The second-order valence-electron chi connectivity index (χ2n) is 6.04. The number of nitrogens with one attached hydrogen (secondary N) is 1.